The Balaban J connectivity index is 3.28. The summed E-state index contributed by atoms with van der Waals surface area (Å²) in [4.78, 5) is 9.98. The van der Waals surface area contributed by atoms with E-state index in [1.807, 2.05) is 0 Å². The minimum absolute atomic E-state index is 0.973. The Bertz CT molecular complexity index is 124. The van der Waals surface area contributed by atoms with E-state index in [1.54, 1.807) is 0 Å². The number of nitrogens with one attached hydrogen (secondary N) is 1. The summed E-state index contributed by atoms with van der Waals surface area (Å²) in [6, 6.07) is 0. The summed E-state index contributed by atoms with van der Waals surface area (Å²) >= 11 is -2.75. The number of hydroxylamine groups is 1. The van der Waals surface area contributed by atoms with Crippen LogP contribution in [0.15, 0.2) is 0 Å². The summed E-state index contributed by atoms with van der Waals surface area (Å²) in [6.07, 6.45) is -0.973. The Kier molecular flexibility index (Phi) is 3.93. The predicted octanol–water partition coefficient (Wildman–Crippen LogP) is -0.932. The van der Waals surface area contributed by atoms with Gasteiger partial charge in [0, 0.05) is 0 Å². The number of carbonyl (C=O) groups excluding carboxylic acids is 1. The highest BCUT2D eigenvalue weighted by atomic mass is 32.2. The predicted molar refractivity (Wildman–Crippen MR) is 25.5 cm³/mol. The lowest BCUT2D eigenvalue weighted by Gasteiger charge is -2.03. The van der Waals surface area contributed by atoms with E-state index in [4.69, 9.17) is 0 Å². The maximum Gasteiger partial charge on any atom is 0.432 e. The lowest BCUT2D eigenvalue weighted by atomic mass is 11.2. The first-order chi connectivity index (χ1) is 4.16. The lowest BCUT2D eigenvalue weighted by Crippen LogP contribution is -2.24. The smallest absolute Gasteiger partial charge is 0.432 e. The second-order valence-corrected chi connectivity index (χ2v) is 1.46. The summed E-state index contributed by atoms with van der Waals surface area (Å²) in [5, 5.41) is 0. The third kappa shape index (κ3) is 5.21. The lowest BCUT2D eigenvalue weighted by molar-refractivity contribution is 0.119. The monoisotopic (exact) mass is 154 g/mol. The fourth-order valence-electron chi connectivity index (χ4n) is 0.110. The number of methoxy groups -OCH3 is 1. The van der Waals surface area contributed by atoms with Crippen molar-refractivity contribution in [1.82, 2.24) is 5.48 Å². The van der Waals surface area contributed by atoms with Crippen LogP contribution in [0.1, 0.15) is 0 Å². The molecule has 0 aromatic heterocycles. The van der Waals surface area contributed by atoms with Crippen LogP contribution in [0.4, 0.5) is 4.79 Å². The Morgan fingerprint density at radius 3 is 2.67 bits per heavy atom. The Morgan fingerprint density at radius 2 is 2.33 bits per heavy atom. The van der Waals surface area contributed by atoms with Crippen LogP contribution in [-0.4, -0.2) is 22.0 Å². The normalized spacial score (nSPS) is 12.2. The molecule has 0 bridgehead atoms. The molecule has 0 aromatic rings. The average Bonchev–Trinajstić information content (AvgIpc) is 1.83. The number of ether oxygens (including phenoxy) is 1. The van der Waals surface area contributed by atoms with E-state index >= 15 is 0 Å². The van der Waals surface area contributed by atoms with Gasteiger partial charge in [0.25, 0.3) is 0 Å². The number of amides is 1. The second kappa shape index (κ2) is 4.24. The maximum absolute atomic E-state index is 9.98. The topological polar surface area (TPSA) is 87.7 Å². The van der Waals surface area contributed by atoms with Gasteiger partial charge in [0.15, 0.2) is 0 Å². The third-order valence-electron chi connectivity index (χ3n) is 0.378. The summed E-state index contributed by atoms with van der Waals surface area (Å²) in [7, 11) is 1.08. The molecule has 9 heavy (non-hydrogen) atoms. The molecule has 7 heteroatoms. The van der Waals surface area contributed by atoms with Crippen molar-refractivity contribution in [3.05, 3.63) is 0 Å². The Hall–Kier alpha value is -0.660. The molecule has 0 saturated heterocycles. The molecule has 0 aliphatic rings. The SMILES string of the molecule is COC(=O)NOS(=O)[O-]. The van der Waals surface area contributed by atoms with Crippen LogP contribution in [0.2, 0.25) is 0 Å². The van der Waals surface area contributed by atoms with Gasteiger partial charge in [-0.1, -0.05) is 0 Å². The first kappa shape index (κ1) is 8.34. The van der Waals surface area contributed by atoms with Crippen LogP contribution in [-0.2, 0) is 20.4 Å². The van der Waals surface area contributed by atoms with E-state index in [0.29, 0.717) is 0 Å². The maximum atomic E-state index is 9.98. The van der Waals surface area contributed by atoms with Gasteiger partial charge in [-0.3, -0.25) is 0 Å². The molecule has 1 N–H and O–H groups in total. The standard InChI is InChI=1S/C2H5NO5S/c1-7-2(4)3-8-9(5)6/h1H3,(H,3,4)(H,5,6)/p-1. The van der Waals surface area contributed by atoms with Crippen molar-refractivity contribution in [2.75, 3.05) is 7.11 Å². The third-order valence-corrected chi connectivity index (χ3v) is 0.598. The molecular weight excluding hydrogens is 150 g/mol. The van der Waals surface area contributed by atoms with Crippen LogP contribution in [0.3, 0.4) is 0 Å². The van der Waals surface area contributed by atoms with Gasteiger partial charge in [0.2, 0.25) is 0 Å². The Morgan fingerprint density at radius 1 is 1.78 bits per heavy atom. The highest BCUT2D eigenvalue weighted by Crippen LogP contribution is 1.74. The number of rotatable bonds is 2. The molecule has 54 valence electrons. The summed E-state index contributed by atoms with van der Waals surface area (Å²) in [6.45, 7) is 0. The zero-order valence-electron chi connectivity index (χ0n) is 4.45. The van der Waals surface area contributed by atoms with Crippen molar-refractivity contribution in [1.29, 1.82) is 0 Å². The van der Waals surface area contributed by atoms with Crippen LogP contribution in [0.25, 0.3) is 0 Å². The number of hydrogen-bond acceptors (Lipinski definition) is 5. The highest BCUT2D eigenvalue weighted by Gasteiger charge is 1.94. The van der Waals surface area contributed by atoms with Crippen molar-refractivity contribution in [2.45, 2.75) is 0 Å². The summed E-state index contributed by atoms with van der Waals surface area (Å²) in [5.74, 6) is 0. The number of hydrogen-bond donors (Lipinski definition) is 1. The van der Waals surface area contributed by atoms with Crippen molar-refractivity contribution in [3.8, 4) is 0 Å². The molecule has 0 saturated carbocycles. The molecule has 0 rings (SSSR count). The van der Waals surface area contributed by atoms with Gasteiger partial charge in [0.05, 0.1) is 7.11 Å². The van der Waals surface area contributed by atoms with Crippen LogP contribution < -0.4 is 5.48 Å². The van der Waals surface area contributed by atoms with E-state index in [0.717, 1.165) is 7.11 Å². The van der Waals surface area contributed by atoms with Crippen LogP contribution in [0.5, 0.6) is 0 Å². The molecule has 1 unspecified atom stereocenters. The minimum atomic E-state index is -2.75. The minimum Gasteiger partial charge on any atom is -0.748 e. The molecule has 6 nitrogen and oxygen atoms in total. The fraction of sp³-hybridized carbons (Fsp3) is 0.500. The Labute approximate surface area is 53.6 Å². The van der Waals surface area contributed by atoms with Gasteiger partial charge in [0.1, 0.15) is 11.4 Å². The molecule has 1 amide bonds. The second-order valence-electron chi connectivity index (χ2n) is 0.881. The highest BCUT2D eigenvalue weighted by molar-refractivity contribution is 7.74. The van der Waals surface area contributed by atoms with Gasteiger partial charge < -0.3 is 9.29 Å². The van der Waals surface area contributed by atoms with E-state index in [-0.39, 0.29) is 0 Å². The van der Waals surface area contributed by atoms with E-state index < -0.39 is 17.5 Å². The van der Waals surface area contributed by atoms with Crippen molar-refractivity contribution in [3.63, 3.8) is 0 Å². The van der Waals surface area contributed by atoms with Crippen LogP contribution in [0, 0.1) is 0 Å². The van der Waals surface area contributed by atoms with E-state index in [1.165, 1.54) is 5.48 Å². The van der Waals surface area contributed by atoms with Gasteiger partial charge in [-0.05, 0) is 0 Å². The molecule has 0 aliphatic carbocycles. The fourth-order valence-corrected chi connectivity index (χ4v) is 0.246. The average molecular weight is 154 g/mol. The molecule has 0 heterocycles. The molecule has 0 aromatic carbocycles. The molecular formula is C2H4NO5S-. The van der Waals surface area contributed by atoms with Gasteiger partial charge in [-0.25, -0.2) is 9.00 Å². The zero-order valence-corrected chi connectivity index (χ0v) is 5.27. The van der Waals surface area contributed by atoms with Crippen molar-refractivity contribution < 1.29 is 22.6 Å². The quantitative estimate of drug-likeness (QED) is 0.410. The van der Waals surface area contributed by atoms with E-state index in [2.05, 4.69) is 9.02 Å². The van der Waals surface area contributed by atoms with Gasteiger partial charge in [-0.15, -0.1) is 0 Å². The largest absolute Gasteiger partial charge is 0.748 e. The number of carbonyl (C=O) groups is 1. The molecule has 0 spiro atoms. The van der Waals surface area contributed by atoms with E-state index in [9.17, 15) is 13.6 Å². The van der Waals surface area contributed by atoms with Gasteiger partial charge >= 0.3 is 6.09 Å². The first-order valence-electron chi connectivity index (χ1n) is 1.77. The zero-order chi connectivity index (χ0) is 7.28. The van der Waals surface area contributed by atoms with Crippen molar-refractivity contribution in [2.24, 2.45) is 0 Å². The molecule has 1 atom stereocenters. The van der Waals surface area contributed by atoms with Gasteiger partial charge in [-0.2, -0.15) is 9.76 Å². The first-order valence-corrected chi connectivity index (χ1v) is 2.77. The summed E-state index contributed by atoms with van der Waals surface area (Å²) in [5.41, 5.74) is 1.46. The molecule has 0 fully saturated rings. The molecule has 0 radical (unpaired) electrons. The molecule has 0 aliphatic heterocycles. The van der Waals surface area contributed by atoms with Crippen LogP contribution >= 0.6 is 0 Å². The summed E-state index contributed by atoms with van der Waals surface area (Å²) < 4.78 is 26.6. The van der Waals surface area contributed by atoms with Crippen molar-refractivity contribution >= 4 is 17.5 Å².